The van der Waals surface area contributed by atoms with E-state index in [0.29, 0.717) is 5.96 Å². The standard InChI is InChI=1S/C14H19N3O.HI/c15-14(16-9-10-5-6-10)17-12-7-8-18-13-4-2-1-3-11(12)13;/h1-4,10,12H,5-9H2,(H3,15,16,17);1H. The van der Waals surface area contributed by atoms with Crippen molar-refractivity contribution >= 4 is 29.9 Å². The number of para-hydroxylation sites is 1. The number of ether oxygens (including phenoxy) is 1. The van der Waals surface area contributed by atoms with E-state index in [4.69, 9.17) is 10.5 Å². The summed E-state index contributed by atoms with van der Waals surface area (Å²) >= 11 is 0. The molecular weight excluding hydrogens is 353 g/mol. The molecule has 2 aliphatic rings. The Kier molecular flexibility index (Phi) is 4.90. The van der Waals surface area contributed by atoms with Gasteiger partial charge in [-0.2, -0.15) is 0 Å². The molecule has 1 aliphatic carbocycles. The summed E-state index contributed by atoms with van der Waals surface area (Å²) in [5.74, 6) is 2.28. The van der Waals surface area contributed by atoms with E-state index in [-0.39, 0.29) is 30.0 Å². The molecule has 0 spiro atoms. The average Bonchev–Trinajstić information content (AvgIpc) is 3.21. The zero-order valence-electron chi connectivity index (χ0n) is 10.8. The minimum absolute atomic E-state index is 0. The molecule has 1 atom stereocenters. The molecule has 1 aliphatic heterocycles. The van der Waals surface area contributed by atoms with Gasteiger partial charge in [0.25, 0.3) is 0 Å². The van der Waals surface area contributed by atoms with E-state index >= 15 is 0 Å². The number of nitrogens with two attached hydrogens (primary N) is 1. The van der Waals surface area contributed by atoms with E-state index in [0.717, 1.165) is 31.2 Å². The summed E-state index contributed by atoms with van der Waals surface area (Å²) in [6.07, 6.45) is 3.53. The lowest BCUT2D eigenvalue weighted by molar-refractivity contribution is 0.262. The summed E-state index contributed by atoms with van der Waals surface area (Å²) in [6, 6.07) is 8.32. The molecule has 1 saturated carbocycles. The summed E-state index contributed by atoms with van der Waals surface area (Å²) in [6.45, 7) is 1.59. The largest absolute Gasteiger partial charge is 0.493 e. The van der Waals surface area contributed by atoms with Crippen LogP contribution in [0.25, 0.3) is 0 Å². The molecule has 104 valence electrons. The zero-order chi connectivity index (χ0) is 12.4. The Morgan fingerprint density at radius 2 is 2.11 bits per heavy atom. The van der Waals surface area contributed by atoms with Crippen molar-refractivity contribution < 1.29 is 4.74 Å². The van der Waals surface area contributed by atoms with Gasteiger partial charge in [-0.3, -0.25) is 4.99 Å². The number of guanidine groups is 1. The third-order valence-electron chi connectivity index (χ3n) is 3.50. The van der Waals surface area contributed by atoms with Gasteiger partial charge >= 0.3 is 0 Å². The van der Waals surface area contributed by atoms with Gasteiger partial charge in [0.1, 0.15) is 5.75 Å². The average molecular weight is 373 g/mol. The first kappa shape index (κ1) is 14.4. The highest BCUT2D eigenvalue weighted by atomic mass is 127. The highest BCUT2D eigenvalue weighted by Crippen LogP contribution is 2.31. The van der Waals surface area contributed by atoms with E-state index in [1.165, 1.54) is 18.4 Å². The van der Waals surface area contributed by atoms with Crippen molar-refractivity contribution in [2.75, 3.05) is 13.2 Å². The van der Waals surface area contributed by atoms with Crippen molar-refractivity contribution in [3.63, 3.8) is 0 Å². The lowest BCUT2D eigenvalue weighted by Gasteiger charge is -2.26. The van der Waals surface area contributed by atoms with Crippen molar-refractivity contribution in [2.24, 2.45) is 16.6 Å². The molecule has 1 fully saturated rings. The van der Waals surface area contributed by atoms with E-state index in [2.05, 4.69) is 16.4 Å². The fourth-order valence-electron chi connectivity index (χ4n) is 2.24. The summed E-state index contributed by atoms with van der Waals surface area (Å²) in [7, 11) is 0. The zero-order valence-corrected chi connectivity index (χ0v) is 13.2. The van der Waals surface area contributed by atoms with E-state index < -0.39 is 0 Å². The number of rotatable bonds is 3. The Balaban J connectivity index is 0.00000133. The van der Waals surface area contributed by atoms with Crippen molar-refractivity contribution in [3.05, 3.63) is 29.8 Å². The van der Waals surface area contributed by atoms with Crippen LogP contribution in [0.3, 0.4) is 0 Å². The van der Waals surface area contributed by atoms with Crippen LogP contribution in [0.2, 0.25) is 0 Å². The van der Waals surface area contributed by atoms with Crippen molar-refractivity contribution in [1.82, 2.24) is 5.32 Å². The van der Waals surface area contributed by atoms with Gasteiger partial charge in [-0.25, -0.2) is 0 Å². The number of halogens is 1. The van der Waals surface area contributed by atoms with E-state index in [9.17, 15) is 0 Å². The second-order valence-corrected chi connectivity index (χ2v) is 5.04. The van der Waals surface area contributed by atoms with Gasteiger partial charge in [0.15, 0.2) is 5.96 Å². The number of hydrogen-bond acceptors (Lipinski definition) is 2. The Hall–Kier alpha value is -0.980. The molecule has 0 bridgehead atoms. The quantitative estimate of drug-likeness (QED) is 0.486. The lowest BCUT2D eigenvalue weighted by Crippen LogP contribution is -2.37. The smallest absolute Gasteiger partial charge is 0.189 e. The number of benzene rings is 1. The first-order valence-electron chi connectivity index (χ1n) is 6.61. The normalized spacial score (nSPS) is 21.9. The molecule has 0 aromatic heterocycles. The SMILES string of the molecule is I.NC(=NCC1CC1)NC1CCOc2ccccc21. The fraction of sp³-hybridized carbons (Fsp3) is 0.500. The molecule has 0 saturated heterocycles. The molecule has 4 nitrogen and oxygen atoms in total. The Labute approximate surface area is 130 Å². The highest BCUT2D eigenvalue weighted by molar-refractivity contribution is 14.0. The van der Waals surface area contributed by atoms with Crippen LogP contribution in [0.15, 0.2) is 29.3 Å². The molecule has 1 aromatic carbocycles. The Bertz CT molecular complexity index is 460. The summed E-state index contributed by atoms with van der Waals surface area (Å²) in [4.78, 5) is 4.40. The molecular formula is C14H20IN3O. The lowest BCUT2D eigenvalue weighted by atomic mass is 10.0. The highest BCUT2D eigenvalue weighted by Gasteiger charge is 2.22. The summed E-state index contributed by atoms with van der Waals surface area (Å²) in [5, 5.41) is 3.31. The van der Waals surface area contributed by atoms with Gasteiger partial charge in [-0.05, 0) is 24.8 Å². The minimum Gasteiger partial charge on any atom is -0.493 e. The maximum Gasteiger partial charge on any atom is 0.189 e. The van der Waals surface area contributed by atoms with E-state index in [1.807, 2.05) is 18.2 Å². The predicted molar refractivity (Wildman–Crippen MR) is 87.1 cm³/mol. The summed E-state index contributed by atoms with van der Waals surface area (Å²) in [5.41, 5.74) is 7.11. The second-order valence-electron chi connectivity index (χ2n) is 5.04. The molecule has 1 unspecified atom stereocenters. The van der Waals surface area contributed by atoms with Gasteiger partial charge in [-0.15, -0.1) is 24.0 Å². The molecule has 0 radical (unpaired) electrons. The topological polar surface area (TPSA) is 59.6 Å². The number of fused-ring (bicyclic) bond motifs is 1. The van der Waals surface area contributed by atoms with Gasteiger partial charge in [0, 0.05) is 18.5 Å². The third kappa shape index (κ3) is 3.75. The Morgan fingerprint density at radius 3 is 2.89 bits per heavy atom. The predicted octanol–water partition coefficient (Wildman–Crippen LogP) is 2.44. The molecule has 19 heavy (non-hydrogen) atoms. The molecule has 3 rings (SSSR count). The van der Waals surface area contributed by atoms with Crippen LogP contribution in [0.4, 0.5) is 0 Å². The number of nitrogens with zero attached hydrogens (tertiary/aromatic N) is 1. The van der Waals surface area contributed by atoms with Crippen molar-refractivity contribution in [2.45, 2.75) is 25.3 Å². The van der Waals surface area contributed by atoms with Gasteiger partial charge in [0.2, 0.25) is 0 Å². The third-order valence-corrected chi connectivity index (χ3v) is 3.50. The maximum absolute atomic E-state index is 5.94. The van der Waals surface area contributed by atoms with Crippen LogP contribution in [0.1, 0.15) is 30.9 Å². The van der Waals surface area contributed by atoms with Crippen LogP contribution in [0.5, 0.6) is 5.75 Å². The number of aliphatic imine (C=N–C) groups is 1. The number of hydrogen-bond donors (Lipinski definition) is 2. The van der Waals surface area contributed by atoms with Gasteiger partial charge in [-0.1, -0.05) is 18.2 Å². The van der Waals surface area contributed by atoms with Gasteiger partial charge < -0.3 is 15.8 Å². The second kappa shape index (κ2) is 6.45. The number of nitrogens with one attached hydrogen (secondary N) is 1. The monoisotopic (exact) mass is 373 g/mol. The minimum atomic E-state index is 0. The van der Waals surface area contributed by atoms with Crippen LogP contribution in [-0.2, 0) is 0 Å². The molecule has 0 amide bonds. The first-order valence-corrected chi connectivity index (χ1v) is 6.61. The van der Waals surface area contributed by atoms with Crippen molar-refractivity contribution in [1.29, 1.82) is 0 Å². The molecule has 1 aromatic rings. The fourth-order valence-corrected chi connectivity index (χ4v) is 2.24. The van der Waals surface area contributed by atoms with Crippen LogP contribution >= 0.6 is 24.0 Å². The Morgan fingerprint density at radius 1 is 1.32 bits per heavy atom. The van der Waals surface area contributed by atoms with Crippen LogP contribution in [-0.4, -0.2) is 19.1 Å². The van der Waals surface area contributed by atoms with E-state index in [1.54, 1.807) is 0 Å². The first-order chi connectivity index (χ1) is 8.83. The van der Waals surface area contributed by atoms with Gasteiger partial charge in [0.05, 0.1) is 12.6 Å². The van der Waals surface area contributed by atoms with Crippen LogP contribution in [0, 0.1) is 5.92 Å². The molecule has 5 heteroatoms. The molecule has 1 heterocycles. The molecule has 3 N–H and O–H groups in total. The van der Waals surface area contributed by atoms with Crippen LogP contribution < -0.4 is 15.8 Å². The maximum atomic E-state index is 5.94. The summed E-state index contributed by atoms with van der Waals surface area (Å²) < 4.78 is 5.62. The van der Waals surface area contributed by atoms with Crippen molar-refractivity contribution in [3.8, 4) is 5.75 Å².